The van der Waals surface area contributed by atoms with Gasteiger partial charge in [-0.3, -0.25) is 4.79 Å². The number of nitrogens with one attached hydrogen (secondary N) is 1. The second-order valence-electron chi connectivity index (χ2n) is 6.70. The third-order valence-electron chi connectivity index (χ3n) is 4.51. The van der Waals surface area contributed by atoms with Crippen LogP contribution in [0.3, 0.4) is 0 Å². The number of rotatable bonds is 4. The predicted molar refractivity (Wildman–Crippen MR) is 107 cm³/mol. The van der Waals surface area contributed by atoms with Crippen molar-refractivity contribution in [3.8, 4) is 0 Å². The minimum atomic E-state index is -0.402. The molecule has 0 atom stereocenters. The molecule has 28 heavy (non-hydrogen) atoms. The molecule has 1 N–H and O–H groups in total. The highest BCUT2D eigenvalue weighted by Crippen LogP contribution is 2.24. The summed E-state index contributed by atoms with van der Waals surface area (Å²) in [6.07, 6.45) is 0. The van der Waals surface area contributed by atoms with Crippen LogP contribution < -0.4 is 5.32 Å². The molecule has 0 radical (unpaired) electrons. The zero-order chi connectivity index (χ0) is 19.7. The lowest BCUT2D eigenvalue weighted by Gasteiger charge is -2.09. The summed E-state index contributed by atoms with van der Waals surface area (Å²) in [4.78, 5) is 17.5. The van der Waals surface area contributed by atoms with E-state index >= 15 is 0 Å². The van der Waals surface area contributed by atoms with E-state index in [4.69, 9.17) is 0 Å². The van der Waals surface area contributed by atoms with Gasteiger partial charge >= 0.3 is 0 Å². The van der Waals surface area contributed by atoms with Crippen LogP contribution in [0, 0.1) is 19.7 Å². The highest BCUT2D eigenvalue weighted by atomic mass is 19.1. The first kappa shape index (κ1) is 17.9. The Balaban J connectivity index is 1.75. The summed E-state index contributed by atoms with van der Waals surface area (Å²) in [6.45, 7) is 4.26. The molecule has 0 aliphatic carbocycles. The average Bonchev–Trinajstić information content (AvgIpc) is 2.97. The van der Waals surface area contributed by atoms with Crippen LogP contribution in [0.25, 0.3) is 11.0 Å². The number of amides is 1. The van der Waals surface area contributed by atoms with Gasteiger partial charge < -0.3 is 5.32 Å². The standard InChI is InChI=1S/C22H19FN4O/c1-14-11-19(22(28)25-18-10-6-9-17(23)12-18)20-15(2)26-27(21(20)24-14)13-16-7-4-3-5-8-16/h3-12H,13H2,1-2H3,(H,25,28). The number of anilines is 1. The molecule has 1 amide bonds. The molecule has 2 aromatic heterocycles. The third kappa shape index (κ3) is 3.49. The van der Waals surface area contributed by atoms with E-state index in [0.29, 0.717) is 34.5 Å². The van der Waals surface area contributed by atoms with E-state index in [0.717, 1.165) is 11.3 Å². The van der Waals surface area contributed by atoms with E-state index in [1.165, 1.54) is 12.1 Å². The van der Waals surface area contributed by atoms with Gasteiger partial charge in [0.15, 0.2) is 5.65 Å². The van der Waals surface area contributed by atoms with E-state index in [2.05, 4.69) is 15.4 Å². The van der Waals surface area contributed by atoms with Crippen LogP contribution in [-0.2, 0) is 6.54 Å². The van der Waals surface area contributed by atoms with Crippen LogP contribution in [0.4, 0.5) is 10.1 Å². The molecule has 2 aromatic carbocycles. The minimum Gasteiger partial charge on any atom is -0.322 e. The van der Waals surface area contributed by atoms with Crippen LogP contribution in [0.15, 0.2) is 60.7 Å². The summed E-state index contributed by atoms with van der Waals surface area (Å²) in [5.74, 6) is -0.718. The topological polar surface area (TPSA) is 59.8 Å². The number of fused-ring (bicyclic) bond motifs is 1. The fourth-order valence-electron chi connectivity index (χ4n) is 3.29. The minimum absolute atomic E-state index is 0.316. The van der Waals surface area contributed by atoms with Crippen LogP contribution in [-0.4, -0.2) is 20.7 Å². The van der Waals surface area contributed by atoms with Crippen molar-refractivity contribution in [3.63, 3.8) is 0 Å². The van der Waals surface area contributed by atoms with Crippen molar-refractivity contribution < 1.29 is 9.18 Å². The maximum absolute atomic E-state index is 13.4. The Bertz CT molecular complexity index is 1170. The van der Waals surface area contributed by atoms with Gasteiger partial charge in [0, 0.05) is 11.4 Å². The molecule has 2 heterocycles. The van der Waals surface area contributed by atoms with Gasteiger partial charge in [-0.25, -0.2) is 14.1 Å². The van der Waals surface area contributed by atoms with Crippen LogP contribution in [0.2, 0.25) is 0 Å². The fourth-order valence-corrected chi connectivity index (χ4v) is 3.29. The highest BCUT2D eigenvalue weighted by molar-refractivity contribution is 6.12. The summed E-state index contributed by atoms with van der Waals surface area (Å²) in [7, 11) is 0. The number of halogens is 1. The molecule has 0 saturated heterocycles. The van der Waals surface area contributed by atoms with Crippen molar-refractivity contribution in [2.45, 2.75) is 20.4 Å². The van der Waals surface area contributed by atoms with Gasteiger partial charge in [0.2, 0.25) is 0 Å². The maximum atomic E-state index is 13.4. The SMILES string of the molecule is Cc1cc(C(=O)Nc2cccc(F)c2)c2c(C)nn(Cc3ccccc3)c2n1. The zero-order valence-electron chi connectivity index (χ0n) is 15.6. The molecule has 0 aliphatic rings. The van der Waals surface area contributed by atoms with Crippen LogP contribution in [0.1, 0.15) is 27.3 Å². The van der Waals surface area contributed by atoms with Crippen molar-refractivity contribution in [2.75, 3.05) is 5.32 Å². The monoisotopic (exact) mass is 374 g/mol. The largest absolute Gasteiger partial charge is 0.322 e. The Labute approximate surface area is 161 Å². The second kappa shape index (κ2) is 7.23. The van der Waals surface area contributed by atoms with Crippen molar-refractivity contribution >= 4 is 22.6 Å². The van der Waals surface area contributed by atoms with Crippen LogP contribution >= 0.6 is 0 Å². The Kier molecular flexibility index (Phi) is 4.61. The van der Waals surface area contributed by atoms with E-state index in [1.54, 1.807) is 18.2 Å². The Morgan fingerprint density at radius 1 is 1.07 bits per heavy atom. The van der Waals surface area contributed by atoms with E-state index in [-0.39, 0.29) is 5.91 Å². The van der Waals surface area contributed by atoms with Gasteiger partial charge in [0.1, 0.15) is 5.82 Å². The predicted octanol–water partition coefficient (Wildman–Crippen LogP) is 4.49. The second-order valence-corrected chi connectivity index (χ2v) is 6.70. The molecule has 0 bridgehead atoms. The third-order valence-corrected chi connectivity index (χ3v) is 4.51. The molecule has 0 aliphatic heterocycles. The van der Waals surface area contributed by atoms with Gasteiger partial charge in [-0.05, 0) is 43.7 Å². The van der Waals surface area contributed by atoms with Gasteiger partial charge in [0.05, 0.1) is 23.2 Å². The Morgan fingerprint density at radius 3 is 2.61 bits per heavy atom. The smallest absolute Gasteiger partial charge is 0.256 e. The first-order chi connectivity index (χ1) is 13.5. The van der Waals surface area contributed by atoms with Crippen molar-refractivity contribution in [1.29, 1.82) is 0 Å². The molecule has 4 rings (SSSR count). The van der Waals surface area contributed by atoms with Crippen molar-refractivity contribution in [3.05, 3.63) is 89.0 Å². The van der Waals surface area contributed by atoms with Gasteiger partial charge in [-0.2, -0.15) is 5.10 Å². The normalized spacial score (nSPS) is 11.0. The van der Waals surface area contributed by atoms with E-state index in [9.17, 15) is 9.18 Å². The molecule has 140 valence electrons. The number of hydrogen-bond acceptors (Lipinski definition) is 3. The van der Waals surface area contributed by atoms with Crippen molar-refractivity contribution in [1.82, 2.24) is 14.8 Å². The first-order valence-corrected chi connectivity index (χ1v) is 8.97. The lowest BCUT2D eigenvalue weighted by atomic mass is 10.1. The summed E-state index contributed by atoms with van der Waals surface area (Å²) < 4.78 is 15.2. The van der Waals surface area contributed by atoms with Gasteiger partial charge in [-0.15, -0.1) is 0 Å². The number of pyridine rings is 1. The van der Waals surface area contributed by atoms with E-state index < -0.39 is 5.82 Å². The quantitative estimate of drug-likeness (QED) is 0.573. The Morgan fingerprint density at radius 2 is 1.86 bits per heavy atom. The number of carbonyl (C=O) groups excluding carboxylic acids is 1. The summed E-state index contributed by atoms with van der Waals surface area (Å²) in [6, 6.07) is 17.5. The van der Waals surface area contributed by atoms with Gasteiger partial charge in [0.25, 0.3) is 5.91 Å². The number of aromatic nitrogens is 3. The number of benzene rings is 2. The molecule has 0 saturated carbocycles. The van der Waals surface area contributed by atoms with Gasteiger partial charge in [-0.1, -0.05) is 36.4 Å². The molecular weight excluding hydrogens is 355 g/mol. The molecule has 4 aromatic rings. The molecule has 0 unspecified atom stereocenters. The Hall–Kier alpha value is -3.54. The number of nitrogens with zero attached hydrogens (tertiary/aromatic N) is 3. The number of carbonyl (C=O) groups is 1. The van der Waals surface area contributed by atoms with E-state index in [1.807, 2.05) is 48.9 Å². The molecule has 0 spiro atoms. The number of hydrogen-bond donors (Lipinski definition) is 1. The molecule has 0 fully saturated rings. The lowest BCUT2D eigenvalue weighted by Crippen LogP contribution is -2.13. The molecular formula is C22H19FN4O. The first-order valence-electron chi connectivity index (χ1n) is 8.97. The van der Waals surface area contributed by atoms with Crippen LogP contribution in [0.5, 0.6) is 0 Å². The lowest BCUT2D eigenvalue weighted by molar-refractivity contribution is 0.102. The summed E-state index contributed by atoms with van der Waals surface area (Å²) in [5, 5.41) is 8.07. The summed E-state index contributed by atoms with van der Waals surface area (Å²) in [5.41, 5.74) is 4.08. The highest BCUT2D eigenvalue weighted by Gasteiger charge is 2.19. The molecule has 6 heteroatoms. The average molecular weight is 374 g/mol. The molecule has 5 nitrogen and oxygen atoms in total. The maximum Gasteiger partial charge on any atom is 0.256 e. The number of aryl methyl sites for hydroxylation is 2. The summed E-state index contributed by atoms with van der Waals surface area (Å²) >= 11 is 0. The van der Waals surface area contributed by atoms with Crippen molar-refractivity contribution in [2.24, 2.45) is 0 Å². The fraction of sp³-hybridized carbons (Fsp3) is 0.136. The zero-order valence-corrected chi connectivity index (χ0v) is 15.6.